The number of benzene rings is 3. The van der Waals surface area contributed by atoms with Gasteiger partial charge in [-0.1, -0.05) is 66.2 Å². The second kappa shape index (κ2) is 6.63. The molecular weight excluding hydrogens is 366 g/mol. The zero-order valence-corrected chi connectivity index (χ0v) is 15.4. The van der Waals surface area contributed by atoms with Crippen LogP contribution in [-0.4, -0.2) is 18.1 Å². The molecule has 5 heteroatoms. The van der Waals surface area contributed by atoms with Crippen molar-refractivity contribution in [3.8, 4) is 0 Å². The number of hydrogen-bond donors (Lipinski definition) is 0. The minimum Gasteiger partial charge on any atom is -0.245 e. The molecule has 0 unspecified atom stereocenters. The third kappa shape index (κ3) is 3.14. The Morgan fingerprint density at radius 3 is 2.62 bits per heavy atom. The van der Waals surface area contributed by atoms with Crippen LogP contribution in [-0.2, 0) is 10.0 Å². The van der Waals surface area contributed by atoms with Crippen molar-refractivity contribution < 1.29 is 8.42 Å². The number of nitrogens with zero attached hydrogens (tertiary/aromatic N) is 1. The summed E-state index contributed by atoms with van der Waals surface area (Å²) < 4.78 is 26.8. The second-order valence-electron chi connectivity index (χ2n) is 6.06. The van der Waals surface area contributed by atoms with Gasteiger partial charge in [0.1, 0.15) is 0 Å². The molecule has 0 aliphatic rings. The highest BCUT2D eigenvalue weighted by atomic mass is 35.5. The molecule has 0 fully saturated rings. The first-order chi connectivity index (χ1) is 12.5. The Morgan fingerprint density at radius 2 is 1.73 bits per heavy atom. The van der Waals surface area contributed by atoms with Gasteiger partial charge in [-0.25, -0.2) is 12.4 Å². The van der Waals surface area contributed by atoms with Gasteiger partial charge in [-0.05, 0) is 40.6 Å². The molecule has 0 amide bonds. The van der Waals surface area contributed by atoms with Crippen molar-refractivity contribution in [3.05, 3.63) is 89.6 Å². The molecule has 1 aromatic heterocycles. The van der Waals surface area contributed by atoms with Gasteiger partial charge in [0, 0.05) is 16.6 Å². The summed E-state index contributed by atoms with van der Waals surface area (Å²) in [5, 5.41) is 3.62. The number of halogens is 1. The number of fused-ring (bicyclic) bond motifs is 2. The van der Waals surface area contributed by atoms with Crippen LogP contribution >= 0.6 is 11.6 Å². The Bertz CT molecular complexity index is 1230. The lowest BCUT2D eigenvalue weighted by molar-refractivity contribution is 0.592. The predicted molar refractivity (Wildman–Crippen MR) is 109 cm³/mol. The zero-order valence-electron chi connectivity index (χ0n) is 13.8. The maximum atomic E-state index is 12.7. The summed E-state index contributed by atoms with van der Waals surface area (Å²) in [5.74, 6) is -0.0807. The highest BCUT2D eigenvalue weighted by Crippen LogP contribution is 2.23. The molecule has 0 spiro atoms. The first-order valence-electron chi connectivity index (χ1n) is 8.19. The zero-order chi connectivity index (χ0) is 18.1. The summed E-state index contributed by atoms with van der Waals surface area (Å²) in [7, 11) is -3.49. The Balaban J connectivity index is 1.64. The topological polar surface area (TPSA) is 39.1 Å². The van der Waals surface area contributed by atoms with Crippen molar-refractivity contribution in [2.75, 3.05) is 5.75 Å². The van der Waals surface area contributed by atoms with Crippen molar-refractivity contribution in [1.29, 1.82) is 0 Å². The second-order valence-corrected chi connectivity index (χ2v) is 8.39. The first-order valence-corrected chi connectivity index (χ1v) is 10.2. The fourth-order valence-corrected chi connectivity index (χ4v) is 4.50. The van der Waals surface area contributed by atoms with E-state index in [4.69, 9.17) is 11.6 Å². The number of rotatable bonds is 4. The molecular formula is C21H16ClNO2S. The van der Waals surface area contributed by atoms with Crippen LogP contribution < -0.4 is 0 Å². The van der Waals surface area contributed by atoms with E-state index in [1.807, 2.05) is 48.5 Å². The van der Waals surface area contributed by atoms with Gasteiger partial charge in [0.15, 0.2) is 0 Å². The summed E-state index contributed by atoms with van der Waals surface area (Å²) in [6.07, 6.45) is 5.13. The minimum atomic E-state index is -3.49. The monoisotopic (exact) mass is 381 g/mol. The van der Waals surface area contributed by atoms with Crippen LogP contribution in [0.25, 0.3) is 27.8 Å². The van der Waals surface area contributed by atoms with Gasteiger partial charge in [0.05, 0.1) is 11.3 Å². The molecule has 0 aliphatic carbocycles. The molecule has 0 saturated carbocycles. The van der Waals surface area contributed by atoms with Crippen molar-refractivity contribution in [1.82, 2.24) is 3.97 Å². The van der Waals surface area contributed by atoms with Crippen LogP contribution in [0.15, 0.2) is 79.0 Å². The molecule has 130 valence electrons. The van der Waals surface area contributed by atoms with Gasteiger partial charge in [-0.3, -0.25) is 0 Å². The van der Waals surface area contributed by atoms with Crippen LogP contribution in [0.3, 0.4) is 0 Å². The van der Waals surface area contributed by atoms with E-state index < -0.39 is 10.0 Å². The van der Waals surface area contributed by atoms with Gasteiger partial charge < -0.3 is 0 Å². The van der Waals surface area contributed by atoms with Crippen molar-refractivity contribution >= 4 is 49.4 Å². The summed E-state index contributed by atoms with van der Waals surface area (Å²) in [6, 6.07) is 21.0. The summed E-state index contributed by atoms with van der Waals surface area (Å²) in [4.78, 5) is 0. The highest BCUT2D eigenvalue weighted by Gasteiger charge is 2.14. The molecule has 1 heterocycles. The third-order valence-electron chi connectivity index (χ3n) is 4.34. The molecule has 0 bridgehead atoms. The van der Waals surface area contributed by atoms with Crippen LogP contribution in [0.1, 0.15) is 5.56 Å². The summed E-state index contributed by atoms with van der Waals surface area (Å²) >= 11 is 5.97. The lowest BCUT2D eigenvalue weighted by atomic mass is 10.0. The average molecular weight is 382 g/mol. The maximum absolute atomic E-state index is 12.7. The van der Waals surface area contributed by atoms with Crippen LogP contribution in [0, 0.1) is 0 Å². The normalized spacial score (nSPS) is 12.3. The van der Waals surface area contributed by atoms with E-state index in [2.05, 4.69) is 0 Å². The van der Waals surface area contributed by atoms with E-state index in [-0.39, 0.29) is 5.75 Å². The van der Waals surface area contributed by atoms with Crippen molar-refractivity contribution in [3.63, 3.8) is 0 Å². The van der Waals surface area contributed by atoms with Gasteiger partial charge in [-0.2, -0.15) is 0 Å². The lowest BCUT2D eigenvalue weighted by Crippen LogP contribution is -2.14. The molecule has 3 aromatic carbocycles. The fourth-order valence-electron chi connectivity index (χ4n) is 3.10. The lowest BCUT2D eigenvalue weighted by Gasteiger charge is -2.06. The maximum Gasteiger partial charge on any atom is 0.242 e. The smallest absolute Gasteiger partial charge is 0.242 e. The SMILES string of the molecule is O=S(=O)(CC=Cc1cccc2ccccc12)n1ccc2cc(Cl)ccc21. The molecule has 0 saturated heterocycles. The Kier molecular flexibility index (Phi) is 4.31. The third-order valence-corrected chi connectivity index (χ3v) is 6.11. The summed E-state index contributed by atoms with van der Waals surface area (Å²) in [6.45, 7) is 0. The number of aromatic nitrogens is 1. The molecule has 3 nitrogen and oxygen atoms in total. The van der Waals surface area contributed by atoms with Gasteiger partial charge in [0.2, 0.25) is 10.0 Å². The Morgan fingerprint density at radius 1 is 0.923 bits per heavy atom. The highest BCUT2D eigenvalue weighted by molar-refractivity contribution is 7.90. The molecule has 4 aromatic rings. The average Bonchev–Trinajstić information content (AvgIpc) is 3.06. The van der Waals surface area contributed by atoms with E-state index in [9.17, 15) is 8.42 Å². The quantitative estimate of drug-likeness (QED) is 0.478. The van der Waals surface area contributed by atoms with Gasteiger partial charge in [0.25, 0.3) is 0 Å². The molecule has 4 rings (SSSR count). The van der Waals surface area contributed by atoms with E-state index in [0.717, 1.165) is 21.7 Å². The van der Waals surface area contributed by atoms with Crippen molar-refractivity contribution in [2.45, 2.75) is 0 Å². The van der Waals surface area contributed by atoms with E-state index in [1.54, 1.807) is 36.5 Å². The van der Waals surface area contributed by atoms with E-state index in [0.29, 0.717) is 10.5 Å². The first kappa shape index (κ1) is 16.9. The molecule has 0 radical (unpaired) electrons. The summed E-state index contributed by atoms with van der Waals surface area (Å²) in [5.41, 5.74) is 1.63. The number of hydrogen-bond acceptors (Lipinski definition) is 2. The van der Waals surface area contributed by atoms with Crippen LogP contribution in [0.2, 0.25) is 5.02 Å². The molecule has 0 N–H and O–H groups in total. The minimum absolute atomic E-state index is 0.0807. The van der Waals surface area contributed by atoms with E-state index >= 15 is 0 Å². The molecule has 26 heavy (non-hydrogen) atoms. The molecule has 0 atom stereocenters. The predicted octanol–water partition coefficient (Wildman–Crippen LogP) is 5.34. The van der Waals surface area contributed by atoms with E-state index in [1.165, 1.54) is 3.97 Å². The van der Waals surface area contributed by atoms with Gasteiger partial charge >= 0.3 is 0 Å². The van der Waals surface area contributed by atoms with Gasteiger partial charge in [-0.15, -0.1) is 0 Å². The molecule has 0 aliphatic heterocycles. The van der Waals surface area contributed by atoms with Crippen molar-refractivity contribution in [2.24, 2.45) is 0 Å². The fraction of sp³-hybridized carbons (Fsp3) is 0.0476. The Labute approximate surface area is 157 Å². The standard InChI is InChI=1S/C21H16ClNO2S/c22-19-10-11-21-18(15-19)12-13-23(21)26(24,25)14-4-8-17-7-3-6-16-5-1-2-9-20(16)17/h1-13,15H,14H2. The van der Waals surface area contributed by atoms with Crippen LogP contribution in [0.5, 0.6) is 0 Å². The largest absolute Gasteiger partial charge is 0.245 e. The van der Waals surface area contributed by atoms with Crippen LogP contribution in [0.4, 0.5) is 0 Å². The Hall–Kier alpha value is -2.56.